The Labute approximate surface area is 104 Å². The van der Waals surface area contributed by atoms with E-state index in [-0.39, 0.29) is 11.6 Å². The molecule has 1 aliphatic heterocycles. The second-order valence-corrected chi connectivity index (χ2v) is 4.20. The van der Waals surface area contributed by atoms with E-state index < -0.39 is 11.0 Å². The second kappa shape index (κ2) is 5.14. The van der Waals surface area contributed by atoms with Gasteiger partial charge in [-0.2, -0.15) is 0 Å². The Hall–Kier alpha value is -1.95. The molecule has 1 aromatic rings. The molecule has 1 saturated heterocycles. The van der Waals surface area contributed by atoms with E-state index in [0.717, 1.165) is 5.56 Å². The Morgan fingerprint density at radius 1 is 1.44 bits per heavy atom. The molecule has 1 heterocycles. The fraction of sp³-hybridized carbons (Fsp3) is 0.417. The highest BCUT2D eigenvalue weighted by Crippen LogP contribution is 2.15. The van der Waals surface area contributed by atoms with Crippen molar-refractivity contribution in [3.63, 3.8) is 0 Å². The fourth-order valence-electron chi connectivity index (χ4n) is 1.88. The van der Waals surface area contributed by atoms with Gasteiger partial charge in [0.2, 0.25) is 0 Å². The number of rotatable bonds is 3. The van der Waals surface area contributed by atoms with E-state index in [0.29, 0.717) is 19.7 Å². The van der Waals surface area contributed by atoms with Crippen molar-refractivity contribution in [3.05, 3.63) is 39.9 Å². The number of non-ortho nitro benzene ring substituents is 1. The molecule has 1 unspecified atom stereocenters. The number of carbonyl (C=O) groups is 1. The maximum absolute atomic E-state index is 11.8. The van der Waals surface area contributed by atoms with Gasteiger partial charge in [-0.25, -0.2) is 0 Å². The lowest BCUT2D eigenvalue weighted by Crippen LogP contribution is -2.45. The van der Waals surface area contributed by atoms with Gasteiger partial charge in [0.25, 0.3) is 11.6 Å². The maximum Gasteiger partial charge on any atom is 0.269 e. The predicted octanol–water partition coefficient (Wildman–Crippen LogP) is 1.34. The van der Waals surface area contributed by atoms with E-state index in [9.17, 15) is 14.9 Å². The topological polar surface area (TPSA) is 72.7 Å². The number of nitro benzene ring substituents is 1. The highest BCUT2D eigenvalue weighted by molar-refractivity contribution is 5.81. The van der Waals surface area contributed by atoms with E-state index >= 15 is 0 Å². The molecule has 0 aromatic heterocycles. The second-order valence-electron chi connectivity index (χ2n) is 4.20. The molecule has 1 aliphatic rings. The first-order chi connectivity index (χ1) is 8.58. The van der Waals surface area contributed by atoms with Crippen LogP contribution in [0.3, 0.4) is 0 Å². The van der Waals surface area contributed by atoms with Gasteiger partial charge < -0.3 is 9.64 Å². The molecule has 0 bridgehead atoms. The van der Waals surface area contributed by atoms with Gasteiger partial charge in [0.15, 0.2) is 0 Å². The van der Waals surface area contributed by atoms with E-state index in [1.807, 2.05) is 0 Å². The van der Waals surface area contributed by atoms with Gasteiger partial charge in [-0.1, -0.05) is 12.1 Å². The van der Waals surface area contributed by atoms with Crippen LogP contribution >= 0.6 is 0 Å². The molecule has 6 heteroatoms. The smallest absolute Gasteiger partial charge is 0.269 e. The number of nitro groups is 1. The molecule has 0 radical (unpaired) electrons. The van der Waals surface area contributed by atoms with Crippen LogP contribution in [-0.2, 0) is 16.1 Å². The number of hydrogen-bond acceptors (Lipinski definition) is 4. The molecule has 0 spiro atoms. The number of amides is 1. The van der Waals surface area contributed by atoms with E-state index in [1.165, 1.54) is 12.1 Å². The van der Waals surface area contributed by atoms with Crippen LogP contribution < -0.4 is 0 Å². The molecule has 6 nitrogen and oxygen atoms in total. The highest BCUT2D eigenvalue weighted by Gasteiger charge is 2.25. The maximum atomic E-state index is 11.8. The van der Waals surface area contributed by atoms with Crippen molar-refractivity contribution >= 4 is 11.6 Å². The van der Waals surface area contributed by atoms with Crippen LogP contribution in [0.5, 0.6) is 0 Å². The standard InChI is InChI=1S/C12H14N2O4/c1-9-12(15)13(6-7-18-9)8-10-2-4-11(5-3-10)14(16)17/h2-5,9H,6-8H2,1H3. The third kappa shape index (κ3) is 2.65. The summed E-state index contributed by atoms with van der Waals surface area (Å²) >= 11 is 0. The third-order valence-electron chi connectivity index (χ3n) is 2.91. The first-order valence-electron chi connectivity index (χ1n) is 5.71. The molecular weight excluding hydrogens is 236 g/mol. The molecule has 1 fully saturated rings. The van der Waals surface area contributed by atoms with Crippen molar-refractivity contribution in [1.82, 2.24) is 4.90 Å². The van der Waals surface area contributed by atoms with Crippen molar-refractivity contribution in [2.45, 2.75) is 19.6 Å². The van der Waals surface area contributed by atoms with Gasteiger partial charge in [-0.05, 0) is 12.5 Å². The third-order valence-corrected chi connectivity index (χ3v) is 2.91. The van der Waals surface area contributed by atoms with Crippen LogP contribution in [-0.4, -0.2) is 35.0 Å². The Morgan fingerprint density at radius 2 is 2.11 bits per heavy atom. The largest absolute Gasteiger partial charge is 0.367 e. The van der Waals surface area contributed by atoms with E-state index in [4.69, 9.17) is 4.74 Å². The van der Waals surface area contributed by atoms with Gasteiger partial charge in [0, 0.05) is 25.2 Å². The normalized spacial score (nSPS) is 19.9. The Kier molecular flexibility index (Phi) is 3.57. The number of hydrogen-bond donors (Lipinski definition) is 0. The lowest BCUT2D eigenvalue weighted by atomic mass is 10.1. The molecule has 0 saturated carbocycles. The fourth-order valence-corrected chi connectivity index (χ4v) is 1.88. The summed E-state index contributed by atoms with van der Waals surface area (Å²) in [7, 11) is 0. The first kappa shape index (κ1) is 12.5. The summed E-state index contributed by atoms with van der Waals surface area (Å²) in [4.78, 5) is 23.6. The zero-order chi connectivity index (χ0) is 13.1. The van der Waals surface area contributed by atoms with Crippen LogP contribution in [0, 0.1) is 10.1 Å². The van der Waals surface area contributed by atoms with Gasteiger partial charge in [0.1, 0.15) is 6.10 Å². The quantitative estimate of drug-likeness (QED) is 0.599. The molecule has 2 rings (SSSR count). The highest BCUT2D eigenvalue weighted by atomic mass is 16.6. The number of carbonyl (C=O) groups excluding carboxylic acids is 1. The van der Waals surface area contributed by atoms with Crippen molar-refractivity contribution in [1.29, 1.82) is 0 Å². The van der Waals surface area contributed by atoms with E-state index in [1.54, 1.807) is 24.0 Å². The van der Waals surface area contributed by atoms with Gasteiger partial charge in [-0.15, -0.1) is 0 Å². The first-order valence-corrected chi connectivity index (χ1v) is 5.71. The zero-order valence-electron chi connectivity index (χ0n) is 10.0. The summed E-state index contributed by atoms with van der Waals surface area (Å²) in [6, 6.07) is 6.24. The molecule has 0 aliphatic carbocycles. The predicted molar refractivity (Wildman–Crippen MR) is 63.9 cm³/mol. The van der Waals surface area contributed by atoms with Gasteiger partial charge in [0.05, 0.1) is 11.5 Å². The van der Waals surface area contributed by atoms with Crippen LogP contribution in [0.2, 0.25) is 0 Å². The van der Waals surface area contributed by atoms with Crippen molar-refractivity contribution < 1.29 is 14.5 Å². The van der Waals surface area contributed by atoms with Crippen molar-refractivity contribution in [2.75, 3.05) is 13.2 Å². The van der Waals surface area contributed by atoms with Crippen LogP contribution in [0.15, 0.2) is 24.3 Å². The lowest BCUT2D eigenvalue weighted by Gasteiger charge is -2.30. The Balaban J connectivity index is 2.04. The molecule has 0 N–H and O–H groups in total. The van der Waals surface area contributed by atoms with Crippen LogP contribution in [0.25, 0.3) is 0 Å². The summed E-state index contributed by atoms with van der Waals surface area (Å²) in [6.07, 6.45) is -0.406. The van der Waals surface area contributed by atoms with Crippen molar-refractivity contribution in [3.8, 4) is 0 Å². The summed E-state index contributed by atoms with van der Waals surface area (Å²) < 4.78 is 5.23. The monoisotopic (exact) mass is 250 g/mol. The van der Waals surface area contributed by atoms with E-state index in [2.05, 4.69) is 0 Å². The minimum Gasteiger partial charge on any atom is -0.367 e. The Bertz CT molecular complexity index is 458. The van der Waals surface area contributed by atoms with Gasteiger partial charge in [-0.3, -0.25) is 14.9 Å². The van der Waals surface area contributed by atoms with Crippen LogP contribution in [0.1, 0.15) is 12.5 Å². The molecule has 1 amide bonds. The molecule has 1 aromatic carbocycles. The molecule has 18 heavy (non-hydrogen) atoms. The number of benzene rings is 1. The minimum atomic E-state index is -0.439. The minimum absolute atomic E-state index is 0.0420. The summed E-state index contributed by atoms with van der Waals surface area (Å²) in [6.45, 7) is 3.27. The lowest BCUT2D eigenvalue weighted by molar-refractivity contribution is -0.384. The van der Waals surface area contributed by atoms with Crippen LogP contribution in [0.4, 0.5) is 5.69 Å². The SMILES string of the molecule is CC1OCCN(Cc2ccc([N+](=O)[O-])cc2)C1=O. The number of nitrogens with zero attached hydrogens (tertiary/aromatic N) is 2. The number of ether oxygens (including phenoxy) is 1. The zero-order valence-corrected chi connectivity index (χ0v) is 10.0. The van der Waals surface area contributed by atoms with Crippen molar-refractivity contribution in [2.24, 2.45) is 0 Å². The average Bonchev–Trinajstić information content (AvgIpc) is 2.36. The van der Waals surface area contributed by atoms with Gasteiger partial charge >= 0.3 is 0 Å². The molecule has 96 valence electrons. The molecule has 1 atom stereocenters. The Morgan fingerprint density at radius 3 is 2.72 bits per heavy atom. The summed E-state index contributed by atoms with van der Waals surface area (Å²) in [5, 5.41) is 10.5. The summed E-state index contributed by atoms with van der Waals surface area (Å²) in [5.74, 6) is -0.0420. The molecular formula is C12H14N2O4. The number of morpholine rings is 1. The summed E-state index contributed by atoms with van der Waals surface area (Å²) in [5.41, 5.74) is 0.934. The average molecular weight is 250 g/mol.